The van der Waals surface area contributed by atoms with Crippen LogP contribution >= 0.6 is 0 Å². The number of hydrogen-bond donors (Lipinski definition) is 2. The first kappa shape index (κ1) is 20.1. The van der Waals surface area contributed by atoms with Gasteiger partial charge in [0, 0.05) is 27.6 Å². The van der Waals surface area contributed by atoms with E-state index < -0.39 is 6.10 Å². The van der Waals surface area contributed by atoms with Crippen molar-refractivity contribution in [3.05, 3.63) is 106 Å². The second-order valence-electron chi connectivity index (χ2n) is 8.61. The topological polar surface area (TPSA) is 66.6 Å². The summed E-state index contributed by atoms with van der Waals surface area (Å²) in [5, 5.41) is 0. The summed E-state index contributed by atoms with van der Waals surface area (Å²) in [6.07, 6.45) is 7.37. The van der Waals surface area contributed by atoms with Gasteiger partial charge in [-0.25, -0.2) is 14.4 Å². The van der Waals surface area contributed by atoms with Gasteiger partial charge in [-0.05, 0) is 91.4 Å². The van der Waals surface area contributed by atoms with Gasteiger partial charge in [0.25, 0.3) is 0 Å². The van der Waals surface area contributed by atoms with Gasteiger partial charge in [-0.2, -0.15) is 0 Å². The van der Waals surface area contributed by atoms with Gasteiger partial charge in [-0.3, -0.25) is 0 Å². The minimum Gasteiger partial charge on any atom is -0.369 e. The first-order valence-electron chi connectivity index (χ1n) is 11.9. The highest BCUT2D eigenvalue weighted by atomic mass is 19.1. The highest BCUT2D eigenvalue weighted by molar-refractivity contribution is 5.78. The molecule has 35 heavy (non-hydrogen) atoms. The van der Waals surface area contributed by atoms with Crippen LogP contribution in [0.15, 0.2) is 66.7 Å². The Hall–Kier alpha value is -4.29. The molecule has 0 saturated carbocycles. The number of H-pyrrole nitrogens is 2. The third-order valence-corrected chi connectivity index (χ3v) is 5.91. The van der Waals surface area contributed by atoms with Crippen LogP contribution in [0.25, 0.3) is 46.4 Å². The largest absolute Gasteiger partial charge is 0.369 e. The quantitative estimate of drug-likeness (QED) is 0.294. The predicted molar refractivity (Wildman–Crippen MR) is 138 cm³/mol. The van der Waals surface area contributed by atoms with Crippen molar-refractivity contribution in [2.75, 3.05) is 0 Å². The van der Waals surface area contributed by atoms with Crippen LogP contribution in [0, 0.1) is 5.82 Å². The number of ether oxygens (including phenoxy) is 1. The lowest BCUT2D eigenvalue weighted by Gasteiger charge is -2.12. The highest BCUT2D eigenvalue weighted by Crippen LogP contribution is 2.26. The number of fused-ring (bicyclic) bond motifs is 8. The Bertz CT molecular complexity index is 1700. The molecule has 0 spiro atoms. The maximum atomic E-state index is 13.6. The fraction of sp³-hybridized carbons (Fsp3) is 0.103. The van der Waals surface area contributed by atoms with Gasteiger partial charge < -0.3 is 14.7 Å². The summed E-state index contributed by atoms with van der Waals surface area (Å²) in [5.41, 5.74) is 7.91. The summed E-state index contributed by atoms with van der Waals surface area (Å²) in [5.74, 6) is -0.300. The zero-order valence-corrected chi connectivity index (χ0v) is 19.0. The molecule has 8 bridgehead atoms. The number of aromatic amines is 2. The van der Waals surface area contributed by atoms with E-state index in [2.05, 4.69) is 15.0 Å². The van der Waals surface area contributed by atoms with E-state index in [9.17, 15) is 4.39 Å². The molecule has 5 heterocycles. The molecule has 1 atom stereocenters. The van der Waals surface area contributed by atoms with E-state index in [4.69, 9.17) is 11.1 Å². The van der Waals surface area contributed by atoms with Gasteiger partial charge in [0.05, 0.1) is 36.9 Å². The fourth-order valence-corrected chi connectivity index (χ4v) is 4.22. The molecule has 2 aliphatic rings. The summed E-state index contributed by atoms with van der Waals surface area (Å²) in [4.78, 5) is 16.2. The Morgan fingerprint density at radius 1 is 0.829 bits per heavy atom. The zero-order valence-electron chi connectivity index (χ0n) is 20.0. The molecule has 2 aliphatic heterocycles. The smallest absolute Gasteiger partial charge is 0.123 e. The Morgan fingerprint density at radius 2 is 1.46 bits per heavy atom. The van der Waals surface area contributed by atoms with Crippen LogP contribution in [-0.2, 0) is 11.3 Å². The average Bonchev–Trinajstić information content (AvgIpc) is 3.63. The molecule has 4 aromatic rings. The minimum atomic E-state index is -0.415. The van der Waals surface area contributed by atoms with Gasteiger partial charge >= 0.3 is 0 Å². The molecule has 172 valence electrons. The number of rotatable bonds is 4. The fourth-order valence-electron chi connectivity index (χ4n) is 4.22. The van der Waals surface area contributed by atoms with Crippen molar-refractivity contribution >= 4 is 46.4 Å². The molecule has 6 rings (SSSR count). The van der Waals surface area contributed by atoms with Crippen LogP contribution in [0.2, 0.25) is 0 Å². The Morgan fingerprint density at radius 3 is 2.11 bits per heavy atom. The average molecular weight is 464 g/mol. The third kappa shape index (κ3) is 4.69. The molecule has 0 amide bonds. The maximum Gasteiger partial charge on any atom is 0.123 e. The number of benzene rings is 1. The number of hydrogen-bond acceptors (Lipinski definition) is 3. The van der Waals surface area contributed by atoms with E-state index in [0.717, 1.165) is 44.9 Å². The summed E-state index contributed by atoms with van der Waals surface area (Å²) in [6, 6.07) is 18.5. The summed E-state index contributed by atoms with van der Waals surface area (Å²) in [6.45, 7) is 2.13. The maximum absolute atomic E-state index is 13.6. The normalized spacial score (nSPS) is 13.7. The van der Waals surface area contributed by atoms with E-state index >= 15 is 0 Å². The molecular weight excluding hydrogens is 439 g/mol. The molecule has 1 aromatic carbocycles. The SMILES string of the molecule is [2H]c1c(C(C)OCc2cccc(F)c2)c2cc3nc(cc4ccc(cc5nc(cc1[nH]2)C=C5)[nH]4)C=C3. The van der Waals surface area contributed by atoms with E-state index in [1.807, 2.05) is 73.7 Å². The Balaban J connectivity index is 1.50. The lowest BCUT2D eigenvalue weighted by Crippen LogP contribution is -2.00. The van der Waals surface area contributed by atoms with Crippen LogP contribution in [0.4, 0.5) is 4.39 Å². The molecule has 5 nitrogen and oxygen atoms in total. The van der Waals surface area contributed by atoms with Crippen molar-refractivity contribution in [3.63, 3.8) is 0 Å². The van der Waals surface area contributed by atoms with Crippen LogP contribution in [0.3, 0.4) is 0 Å². The predicted octanol–water partition coefficient (Wildman–Crippen LogP) is 7.07. The van der Waals surface area contributed by atoms with Crippen molar-refractivity contribution in [2.45, 2.75) is 19.6 Å². The summed E-state index contributed by atoms with van der Waals surface area (Å²) in [7, 11) is 0. The molecule has 0 fully saturated rings. The molecular formula is C29H23FN4O. The Kier molecular flexibility index (Phi) is 5.07. The van der Waals surface area contributed by atoms with E-state index in [1.54, 1.807) is 6.07 Å². The minimum absolute atomic E-state index is 0.233. The Labute approximate surface area is 203 Å². The monoisotopic (exact) mass is 463 g/mol. The second-order valence-corrected chi connectivity index (χ2v) is 8.61. The van der Waals surface area contributed by atoms with Crippen molar-refractivity contribution in [1.82, 2.24) is 19.9 Å². The van der Waals surface area contributed by atoms with Gasteiger partial charge in [-0.1, -0.05) is 12.1 Å². The van der Waals surface area contributed by atoms with Gasteiger partial charge in [-0.15, -0.1) is 0 Å². The molecule has 0 saturated heterocycles. The molecule has 0 radical (unpaired) electrons. The molecule has 0 aliphatic carbocycles. The van der Waals surface area contributed by atoms with E-state index in [0.29, 0.717) is 17.1 Å². The molecule has 2 N–H and O–H groups in total. The second kappa shape index (κ2) is 8.81. The number of nitrogens with one attached hydrogen (secondary N) is 2. The van der Waals surface area contributed by atoms with Crippen LogP contribution in [0.1, 0.15) is 48.3 Å². The van der Waals surface area contributed by atoms with Crippen LogP contribution < -0.4 is 0 Å². The van der Waals surface area contributed by atoms with E-state index in [-0.39, 0.29) is 12.4 Å². The number of nitrogens with zero attached hydrogens (tertiary/aromatic N) is 2. The third-order valence-electron chi connectivity index (χ3n) is 5.91. The zero-order chi connectivity index (χ0) is 24.6. The van der Waals surface area contributed by atoms with Crippen molar-refractivity contribution < 1.29 is 10.5 Å². The lowest BCUT2D eigenvalue weighted by molar-refractivity contribution is 0.0534. The highest BCUT2D eigenvalue weighted by Gasteiger charge is 2.12. The van der Waals surface area contributed by atoms with Crippen molar-refractivity contribution in [3.8, 4) is 0 Å². The summed E-state index contributed by atoms with van der Waals surface area (Å²) >= 11 is 0. The summed E-state index contributed by atoms with van der Waals surface area (Å²) < 4.78 is 28.6. The standard InChI is InChI=1S/C29H23FN4O/c1-18(35-17-19-3-2-4-20(30)11-19)28-15-27-14-25-8-7-23(32-25)12-21-5-6-22(31-21)13-24-9-10-26(33-24)16-29(28)34-27/h2-16,18,31,34H,17H2,1H3/i15D. The van der Waals surface area contributed by atoms with E-state index in [1.165, 1.54) is 12.1 Å². The first-order chi connectivity index (χ1) is 17.5. The van der Waals surface area contributed by atoms with Crippen LogP contribution in [0.5, 0.6) is 0 Å². The first-order valence-corrected chi connectivity index (χ1v) is 11.4. The lowest BCUT2D eigenvalue weighted by atomic mass is 10.1. The number of aromatic nitrogens is 4. The molecule has 3 aromatic heterocycles. The van der Waals surface area contributed by atoms with Gasteiger partial charge in [0.15, 0.2) is 0 Å². The molecule has 1 unspecified atom stereocenters. The van der Waals surface area contributed by atoms with Crippen molar-refractivity contribution in [2.24, 2.45) is 0 Å². The van der Waals surface area contributed by atoms with Crippen molar-refractivity contribution in [1.29, 1.82) is 0 Å². The van der Waals surface area contributed by atoms with Gasteiger partial charge in [0.1, 0.15) is 5.82 Å². The van der Waals surface area contributed by atoms with Gasteiger partial charge in [0.2, 0.25) is 0 Å². The number of halogens is 1. The molecule has 6 heteroatoms. The van der Waals surface area contributed by atoms with Crippen LogP contribution in [-0.4, -0.2) is 19.9 Å².